The maximum Gasteiger partial charge on any atom is 0.407 e. The lowest BCUT2D eigenvalue weighted by molar-refractivity contribution is -0.676. The van der Waals surface area contributed by atoms with Crippen molar-refractivity contribution < 1.29 is 18.9 Å². The molecule has 4 rings (SSSR count). The van der Waals surface area contributed by atoms with E-state index in [2.05, 4.69) is 11.9 Å². The van der Waals surface area contributed by atoms with Crippen molar-refractivity contribution >= 4 is 23.7 Å². The Bertz CT molecular complexity index is 1010. The SMILES string of the molecule is CCCCCOc1ccccc1-n1c(C)c[n+]2c1N=C1C2C(=O)N(C)C(=O)N1C. The Balaban J connectivity index is 1.76. The second-order valence-electron chi connectivity index (χ2n) is 7.45. The molecule has 1 aromatic carbocycles. The Morgan fingerprint density at radius 1 is 1.14 bits per heavy atom. The van der Waals surface area contributed by atoms with E-state index < -0.39 is 6.04 Å². The molecule has 0 radical (unpaired) electrons. The highest BCUT2D eigenvalue weighted by Crippen LogP contribution is 2.33. The number of hydrogen-bond donors (Lipinski definition) is 0. The molecule has 2 aliphatic rings. The van der Waals surface area contributed by atoms with E-state index >= 15 is 0 Å². The molecule has 1 fully saturated rings. The van der Waals surface area contributed by atoms with Crippen LogP contribution in [-0.4, -0.2) is 52.8 Å². The quantitative estimate of drug-likeness (QED) is 0.557. The number of carbonyl (C=O) groups excluding carboxylic acids is 2. The number of imide groups is 1. The van der Waals surface area contributed by atoms with Crippen LogP contribution in [0.2, 0.25) is 0 Å². The predicted octanol–water partition coefficient (Wildman–Crippen LogP) is 2.75. The van der Waals surface area contributed by atoms with E-state index in [9.17, 15) is 9.59 Å². The van der Waals surface area contributed by atoms with Crippen LogP contribution >= 0.6 is 0 Å². The van der Waals surface area contributed by atoms with Crippen molar-refractivity contribution in [2.75, 3.05) is 20.7 Å². The van der Waals surface area contributed by atoms with Crippen LogP contribution in [0.25, 0.3) is 5.69 Å². The van der Waals surface area contributed by atoms with E-state index in [4.69, 9.17) is 4.74 Å². The molecule has 1 saturated heterocycles. The lowest BCUT2D eigenvalue weighted by Gasteiger charge is -2.30. The maximum atomic E-state index is 12.8. The zero-order valence-corrected chi connectivity index (χ0v) is 17.3. The van der Waals surface area contributed by atoms with E-state index in [1.165, 1.54) is 11.9 Å². The highest BCUT2D eigenvalue weighted by atomic mass is 16.5. The smallest absolute Gasteiger partial charge is 0.407 e. The summed E-state index contributed by atoms with van der Waals surface area (Å²) in [5.41, 5.74) is 1.80. The van der Waals surface area contributed by atoms with E-state index in [1.54, 1.807) is 7.05 Å². The summed E-state index contributed by atoms with van der Waals surface area (Å²) in [7, 11) is 3.14. The van der Waals surface area contributed by atoms with Gasteiger partial charge in [-0.2, -0.15) is 4.57 Å². The average Bonchev–Trinajstić information content (AvgIpc) is 3.23. The first kappa shape index (κ1) is 19.2. The Kier molecular flexibility index (Phi) is 4.86. The number of unbranched alkanes of at least 4 members (excludes halogenated alkanes) is 2. The zero-order chi connectivity index (χ0) is 20.7. The van der Waals surface area contributed by atoms with Crippen molar-refractivity contribution in [3.05, 3.63) is 36.2 Å². The number of rotatable bonds is 6. The fourth-order valence-corrected chi connectivity index (χ4v) is 3.86. The molecule has 1 atom stereocenters. The van der Waals surface area contributed by atoms with Gasteiger partial charge in [-0.15, -0.1) is 0 Å². The molecule has 152 valence electrons. The molecule has 0 saturated carbocycles. The summed E-state index contributed by atoms with van der Waals surface area (Å²) < 4.78 is 9.87. The highest BCUT2D eigenvalue weighted by molar-refractivity contribution is 6.18. The van der Waals surface area contributed by atoms with Crippen molar-refractivity contribution in [1.82, 2.24) is 14.4 Å². The maximum absolute atomic E-state index is 12.8. The normalized spacial score (nSPS) is 18.1. The number of amidine groups is 1. The van der Waals surface area contributed by atoms with Gasteiger partial charge in [0, 0.05) is 14.1 Å². The summed E-state index contributed by atoms with van der Waals surface area (Å²) in [6.45, 7) is 4.79. The molecular weight excluding hydrogens is 370 g/mol. The Labute approximate surface area is 170 Å². The number of hydrogen-bond acceptors (Lipinski definition) is 4. The van der Waals surface area contributed by atoms with Gasteiger partial charge in [0.05, 0.1) is 6.61 Å². The number of likely N-dealkylation sites (N-methyl/N-ethyl adjacent to an activating group) is 2. The first-order valence-corrected chi connectivity index (χ1v) is 9.95. The summed E-state index contributed by atoms with van der Waals surface area (Å²) in [5.74, 6) is 1.55. The second kappa shape index (κ2) is 7.35. The molecule has 3 heterocycles. The number of aliphatic imine (C=N–C) groups is 1. The van der Waals surface area contributed by atoms with Crippen molar-refractivity contribution in [1.29, 1.82) is 0 Å². The number of aryl methyl sites for hydroxylation is 1. The van der Waals surface area contributed by atoms with Crippen LogP contribution in [0.4, 0.5) is 10.7 Å². The van der Waals surface area contributed by atoms with Crippen LogP contribution in [0.15, 0.2) is 35.5 Å². The van der Waals surface area contributed by atoms with Crippen LogP contribution in [0.3, 0.4) is 0 Å². The fraction of sp³-hybridized carbons (Fsp3) is 0.429. The third-order valence-electron chi connectivity index (χ3n) is 5.44. The number of ether oxygens (including phenoxy) is 1. The number of nitrogens with zero attached hydrogens (tertiary/aromatic N) is 5. The standard InChI is InChI=1S/C21H26N5O3/c1-5-6-9-12-29-16-11-8-7-10-15(16)26-14(2)13-25-17-18(22-20(25)26)23(3)21(28)24(4)19(17)27/h7-8,10-11,13,17H,5-6,9,12H2,1-4H3/q+1. The van der Waals surface area contributed by atoms with Gasteiger partial charge in [0.15, 0.2) is 5.75 Å². The summed E-state index contributed by atoms with van der Waals surface area (Å²) >= 11 is 0. The second-order valence-corrected chi connectivity index (χ2v) is 7.45. The van der Waals surface area contributed by atoms with Gasteiger partial charge in [-0.25, -0.2) is 9.36 Å². The number of amides is 3. The largest absolute Gasteiger partial charge is 0.490 e. The molecule has 1 aromatic heterocycles. The van der Waals surface area contributed by atoms with Gasteiger partial charge in [0.2, 0.25) is 11.9 Å². The predicted molar refractivity (Wildman–Crippen MR) is 108 cm³/mol. The van der Waals surface area contributed by atoms with Crippen LogP contribution in [-0.2, 0) is 4.79 Å². The van der Waals surface area contributed by atoms with Gasteiger partial charge in [-0.3, -0.25) is 14.6 Å². The molecule has 8 nitrogen and oxygen atoms in total. The van der Waals surface area contributed by atoms with Gasteiger partial charge in [0.25, 0.3) is 5.91 Å². The van der Waals surface area contributed by atoms with Crippen LogP contribution in [0.1, 0.15) is 37.9 Å². The number of fused-ring (bicyclic) bond motifs is 3. The number of carbonyl (C=O) groups is 2. The molecule has 0 aliphatic carbocycles. The Hall–Kier alpha value is -3.16. The molecule has 0 bridgehead atoms. The number of urea groups is 1. The molecule has 8 heteroatoms. The fourth-order valence-electron chi connectivity index (χ4n) is 3.86. The molecule has 0 spiro atoms. The summed E-state index contributed by atoms with van der Waals surface area (Å²) in [4.78, 5) is 32.4. The van der Waals surface area contributed by atoms with E-state index in [0.717, 1.165) is 41.3 Å². The average molecular weight is 396 g/mol. The highest BCUT2D eigenvalue weighted by Gasteiger charge is 2.52. The number of imidazole rings is 1. The molecule has 1 unspecified atom stereocenters. The Morgan fingerprint density at radius 3 is 2.66 bits per heavy atom. The van der Waals surface area contributed by atoms with Crippen molar-refractivity contribution in [2.24, 2.45) is 4.99 Å². The monoisotopic (exact) mass is 396 g/mol. The summed E-state index contributed by atoms with van der Waals surface area (Å²) in [5, 5.41) is 0. The van der Waals surface area contributed by atoms with Gasteiger partial charge in [-0.05, 0) is 25.5 Å². The zero-order valence-electron chi connectivity index (χ0n) is 17.3. The molecule has 2 aromatic rings. The summed E-state index contributed by atoms with van der Waals surface area (Å²) in [6.07, 6.45) is 5.17. The van der Waals surface area contributed by atoms with Crippen LogP contribution in [0.5, 0.6) is 5.75 Å². The Morgan fingerprint density at radius 2 is 1.90 bits per heavy atom. The number of benzene rings is 1. The molecule has 0 N–H and O–H groups in total. The van der Waals surface area contributed by atoms with Gasteiger partial charge in [0.1, 0.15) is 17.6 Å². The molecule has 29 heavy (non-hydrogen) atoms. The van der Waals surface area contributed by atoms with Gasteiger partial charge >= 0.3 is 12.0 Å². The minimum Gasteiger partial charge on any atom is -0.490 e. The minimum atomic E-state index is -0.629. The molecule has 2 aliphatic heterocycles. The van der Waals surface area contributed by atoms with E-state index in [1.807, 2.05) is 46.5 Å². The minimum absolute atomic E-state index is 0.281. The van der Waals surface area contributed by atoms with Crippen LogP contribution in [0, 0.1) is 6.92 Å². The molecular formula is C21H26N5O3+. The van der Waals surface area contributed by atoms with E-state index in [0.29, 0.717) is 18.4 Å². The van der Waals surface area contributed by atoms with E-state index in [-0.39, 0.29) is 11.9 Å². The van der Waals surface area contributed by atoms with Gasteiger partial charge in [-0.1, -0.05) is 36.9 Å². The van der Waals surface area contributed by atoms with Crippen molar-refractivity contribution in [2.45, 2.75) is 39.2 Å². The van der Waals surface area contributed by atoms with Gasteiger partial charge < -0.3 is 4.74 Å². The topological polar surface area (TPSA) is 71.0 Å². The summed E-state index contributed by atoms with van der Waals surface area (Å²) in [6, 6.07) is 6.82. The number of aromatic nitrogens is 2. The lowest BCUT2D eigenvalue weighted by Crippen LogP contribution is -2.61. The lowest BCUT2D eigenvalue weighted by atomic mass is 10.2. The molecule has 3 amide bonds. The first-order chi connectivity index (χ1) is 14.0. The van der Waals surface area contributed by atoms with Crippen molar-refractivity contribution in [3.8, 4) is 11.4 Å². The first-order valence-electron chi connectivity index (χ1n) is 9.95. The third kappa shape index (κ3) is 2.99. The van der Waals surface area contributed by atoms with Crippen LogP contribution < -0.4 is 9.30 Å². The number of para-hydroxylation sites is 2. The van der Waals surface area contributed by atoms with Crippen molar-refractivity contribution in [3.63, 3.8) is 0 Å². The third-order valence-corrected chi connectivity index (χ3v) is 5.44.